The van der Waals surface area contributed by atoms with Crippen LogP contribution >= 0.6 is 0 Å². The number of ether oxygens (including phenoxy) is 1. The Balaban J connectivity index is 1.34. The molecule has 0 radical (unpaired) electrons. The summed E-state index contributed by atoms with van der Waals surface area (Å²) >= 11 is 0. The third-order valence-electron chi connectivity index (χ3n) is 6.42. The van der Waals surface area contributed by atoms with E-state index >= 15 is 0 Å². The SMILES string of the molecule is COC[C@@H]1Cc2ccccc2N1C(=O)Nc1ccc2c(c1)CN([C@@H]1CCC(=O)NC1=O)C2=O. The van der Waals surface area contributed by atoms with Crippen molar-refractivity contribution in [2.75, 3.05) is 23.9 Å². The maximum Gasteiger partial charge on any atom is 0.326 e. The van der Waals surface area contributed by atoms with E-state index in [2.05, 4.69) is 10.6 Å². The van der Waals surface area contributed by atoms with E-state index in [9.17, 15) is 19.2 Å². The number of imide groups is 1. The molecular formula is C24H24N4O5. The number of rotatable bonds is 4. The highest BCUT2D eigenvalue weighted by Crippen LogP contribution is 2.34. The van der Waals surface area contributed by atoms with Gasteiger partial charge in [0.05, 0.1) is 12.6 Å². The van der Waals surface area contributed by atoms with Crippen LogP contribution in [0.15, 0.2) is 42.5 Å². The number of urea groups is 1. The van der Waals surface area contributed by atoms with Gasteiger partial charge < -0.3 is 15.0 Å². The largest absolute Gasteiger partial charge is 0.383 e. The average Bonchev–Trinajstić information content (AvgIpc) is 3.31. The molecule has 2 N–H and O–H groups in total. The van der Waals surface area contributed by atoms with Gasteiger partial charge in [0.15, 0.2) is 0 Å². The first-order chi connectivity index (χ1) is 16.0. The highest BCUT2D eigenvalue weighted by Gasteiger charge is 2.39. The highest BCUT2D eigenvalue weighted by atomic mass is 16.5. The molecule has 1 fully saturated rings. The summed E-state index contributed by atoms with van der Waals surface area (Å²) in [7, 11) is 1.62. The van der Waals surface area contributed by atoms with Gasteiger partial charge in [-0.15, -0.1) is 0 Å². The molecule has 0 aromatic heterocycles. The molecule has 170 valence electrons. The van der Waals surface area contributed by atoms with Gasteiger partial charge in [-0.1, -0.05) is 18.2 Å². The van der Waals surface area contributed by atoms with E-state index in [-0.39, 0.29) is 36.9 Å². The first kappa shape index (κ1) is 21.1. The van der Waals surface area contributed by atoms with Crippen LogP contribution in [-0.2, 0) is 27.3 Å². The van der Waals surface area contributed by atoms with Crippen LogP contribution in [0, 0.1) is 0 Å². The van der Waals surface area contributed by atoms with Crippen LogP contribution in [0.4, 0.5) is 16.2 Å². The Labute approximate surface area is 190 Å². The second-order valence-electron chi connectivity index (χ2n) is 8.51. The Hall–Kier alpha value is -3.72. The topological polar surface area (TPSA) is 108 Å². The minimum atomic E-state index is -0.670. The molecule has 9 heteroatoms. The molecule has 1 saturated heterocycles. The molecule has 0 aliphatic carbocycles. The fourth-order valence-electron chi connectivity index (χ4n) is 4.90. The summed E-state index contributed by atoms with van der Waals surface area (Å²) in [6.45, 7) is 0.671. The third-order valence-corrected chi connectivity index (χ3v) is 6.42. The van der Waals surface area contributed by atoms with Crippen molar-refractivity contribution in [1.29, 1.82) is 0 Å². The van der Waals surface area contributed by atoms with Gasteiger partial charge in [0.1, 0.15) is 6.04 Å². The number of carbonyl (C=O) groups is 4. The quantitative estimate of drug-likeness (QED) is 0.696. The summed E-state index contributed by atoms with van der Waals surface area (Å²) in [6, 6.07) is 11.9. The van der Waals surface area contributed by atoms with Gasteiger partial charge in [0.25, 0.3) is 5.91 Å². The molecule has 2 aromatic carbocycles. The van der Waals surface area contributed by atoms with Crippen molar-refractivity contribution < 1.29 is 23.9 Å². The van der Waals surface area contributed by atoms with Gasteiger partial charge in [-0.2, -0.15) is 0 Å². The zero-order valence-electron chi connectivity index (χ0n) is 18.2. The van der Waals surface area contributed by atoms with Crippen molar-refractivity contribution in [1.82, 2.24) is 10.2 Å². The maximum atomic E-state index is 13.2. The number of hydrogen-bond donors (Lipinski definition) is 2. The van der Waals surface area contributed by atoms with Crippen molar-refractivity contribution in [3.63, 3.8) is 0 Å². The zero-order chi connectivity index (χ0) is 23.1. The first-order valence-electron chi connectivity index (χ1n) is 10.9. The van der Waals surface area contributed by atoms with E-state index in [1.165, 1.54) is 4.90 Å². The minimum absolute atomic E-state index is 0.105. The van der Waals surface area contributed by atoms with Crippen LogP contribution in [0.3, 0.4) is 0 Å². The van der Waals surface area contributed by atoms with Crippen LogP contribution in [0.25, 0.3) is 0 Å². The lowest BCUT2D eigenvalue weighted by Crippen LogP contribution is -2.52. The molecule has 9 nitrogen and oxygen atoms in total. The number of nitrogens with zero attached hydrogens (tertiary/aromatic N) is 2. The fraction of sp³-hybridized carbons (Fsp3) is 0.333. The van der Waals surface area contributed by atoms with E-state index in [1.807, 2.05) is 24.3 Å². The lowest BCUT2D eigenvalue weighted by Gasteiger charge is -2.29. The van der Waals surface area contributed by atoms with E-state index < -0.39 is 11.9 Å². The number of piperidine rings is 1. The maximum absolute atomic E-state index is 13.2. The summed E-state index contributed by atoms with van der Waals surface area (Å²) in [5, 5.41) is 5.24. The molecule has 33 heavy (non-hydrogen) atoms. The summed E-state index contributed by atoms with van der Waals surface area (Å²) in [4.78, 5) is 53.0. The standard InChI is InChI=1S/C24H24N4O5/c1-33-13-17-11-14-4-2-3-5-19(14)28(17)24(32)25-16-6-7-18-15(10-16)12-27(23(18)31)20-8-9-21(29)26-22(20)30/h2-7,10,17,20H,8-9,11-13H2,1H3,(H,25,32)(H,26,29,30)/t17-,20+/m0/s1. The second kappa shape index (κ2) is 8.32. The number of carbonyl (C=O) groups excluding carboxylic acids is 4. The number of fused-ring (bicyclic) bond motifs is 2. The Morgan fingerprint density at radius 2 is 1.97 bits per heavy atom. The number of methoxy groups -OCH3 is 1. The Kier molecular flexibility index (Phi) is 5.33. The van der Waals surface area contributed by atoms with E-state index in [4.69, 9.17) is 4.74 Å². The van der Waals surface area contributed by atoms with Gasteiger partial charge in [-0.25, -0.2) is 4.79 Å². The van der Waals surface area contributed by atoms with Gasteiger partial charge >= 0.3 is 6.03 Å². The van der Waals surface area contributed by atoms with Crippen LogP contribution in [0.5, 0.6) is 0 Å². The van der Waals surface area contributed by atoms with Crippen molar-refractivity contribution >= 4 is 35.1 Å². The number of para-hydroxylation sites is 1. The molecule has 0 spiro atoms. The van der Waals surface area contributed by atoms with E-state index in [1.54, 1.807) is 30.2 Å². The molecule has 3 aliphatic heterocycles. The van der Waals surface area contributed by atoms with Gasteiger partial charge in [-0.05, 0) is 48.2 Å². The van der Waals surface area contributed by atoms with Gasteiger partial charge in [0, 0.05) is 37.0 Å². The smallest absolute Gasteiger partial charge is 0.326 e. The fourth-order valence-corrected chi connectivity index (χ4v) is 4.90. The van der Waals surface area contributed by atoms with Crippen molar-refractivity contribution in [2.45, 2.75) is 37.9 Å². The van der Waals surface area contributed by atoms with Crippen molar-refractivity contribution in [2.24, 2.45) is 0 Å². The molecule has 5 amide bonds. The average molecular weight is 448 g/mol. The summed E-state index contributed by atoms with van der Waals surface area (Å²) in [6.07, 6.45) is 1.23. The molecule has 0 saturated carbocycles. The second-order valence-corrected chi connectivity index (χ2v) is 8.51. The number of hydrogen-bond acceptors (Lipinski definition) is 5. The van der Waals surface area contributed by atoms with Crippen LogP contribution in [0.1, 0.15) is 34.3 Å². The predicted octanol–water partition coefficient (Wildman–Crippen LogP) is 2.06. The molecule has 5 rings (SSSR count). The molecular weight excluding hydrogens is 424 g/mol. The summed E-state index contributed by atoms with van der Waals surface area (Å²) < 4.78 is 5.33. The van der Waals surface area contributed by atoms with Gasteiger partial charge in [-0.3, -0.25) is 24.6 Å². The number of benzene rings is 2. The minimum Gasteiger partial charge on any atom is -0.383 e. The predicted molar refractivity (Wildman–Crippen MR) is 120 cm³/mol. The van der Waals surface area contributed by atoms with Crippen molar-refractivity contribution in [3.05, 3.63) is 59.2 Å². The number of anilines is 2. The molecule has 3 aliphatic rings. The van der Waals surface area contributed by atoms with Crippen LogP contribution in [-0.4, -0.2) is 54.5 Å². The molecule has 0 unspecified atom stereocenters. The first-order valence-corrected chi connectivity index (χ1v) is 10.9. The normalized spacial score (nSPS) is 21.7. The Bertz CT molecular complexity index is 1160. The molecule has 3 heterocycles. The van der Waals surface area contributed by atoms with Gasteiger partial charge in [0.2, 0.25) is 11.8 Å². The highest BCUT2D eigenvalue weighted by molar-refractivity contribution is 6.07. The lowest BCUT2D eigenvalue weighted by molar-refractivity contribution is -0.136. The van der Waals surface area contributed by atoms with E-state index in [0.29, 0.717) is 24.3 Å². The van der Waals surface area contributed by atoms with Crippen LogP contribution < -0.4 is 15.5 Å². The monoisotopic (exact) mass is 448 g/mol. The molecule has 2 aromatic rings. The van der Waals surface area contributed by atoms with Crippen LogP contribution in [0.2, 0.25) is 0 Å². The molecule has 0 bridgehead atoms. The lowest BCUT2D eigenvalue weighted by atomic mass is 10.0. The summed E-state index contributed by atoms with van der Waals surface area (Å²) in [5.41, 5.74) is 3.75. The number of amides is 5. The Morgan fingerprint density at radius 3 is 2.76 bits per heavy atom. The van der Waals surface area contributed by atoms with Crippen molar-refractivity contribution in [3.8, 4) is 0 Å². The number of nitrogens with one attached hydrogen (secondary N) is 2. The molecule has 2 atom stereocenters. The summed E-state index contributed by atoms with van der Waals surface area (Å²) in [5.74, 6) is -1.01. The zero-order valence-corrected chi connectivity index (χ0v) is 18.2. The Morgan fingerprint density at radius 1 is 1.15 bits per heavy atom. The van der Waals surface area contributed by atoms with E-state index in [0.717, 1.165) is 23.2 Å². The third kappa shape index (κ3) is 3.74.